The van der Waals surface area contributed by atoms with Gasteiger partial charge in [-0.2, -0.15) is 0 Å². The summed E-state index contributed by atoms with van der Waals surface area (Å²) in [7, 11) is 0. The summed E-state index contributed by atoms with van der Waals surface area (Å²) in [4.78, 5) is 47.8. The molecule has 0 radical (unpaired) electrons. The van der Waals surface area contributed by atoms with Crippen LogP contribution in [0.2, 0.25) is 0 Å². The van der Waals surface area contributed by atoms with Crippen molar-refractivity contribution >= 4 is 23.8 Å². The van der Waals surface area contributed by atoms with Crippen LogP contribution in [0, 0.1) is 0 Å². The zero-order valence-corrected chi connectivity index (χ0v) is 16.4. The average Bonchev–Trinajstić information content (AvgIpc) is 2.62. The Morgan fingerprint density at radius 1 is 0.852 bits per heavy atom. The number of esters is 3. The Morgan fingerprint density at radius 3 is 1.81 bits per heavy atom. The molecule has 0 rings (SSSR count). The van der Waals surface area contributed by atoms with Gasteiger partial charge in [-0.05, 0) is 19.3 Å². The second-order valence-electron chi connectivity index (χ2n) is 6.07. The van der Waals surface area contributed by atoms with Gasteiger partial charge in [0.05, 0.1) is 26.2 Å². The zero-order chi connectivity index (χ0) is 20.7. The highest BCUT2D eigenvalue weighted by molar-refractivity contribution is 6.07. The second kappa shape index (κ2) is 13.9. The van der Waals surface area contributed by atoms with Crippen LogP contribution in [0.25, 0.3) is 0 Å². The highest BCUT2D eigenvalue weighted by Crippen LogP contribution is 2.24. The number of hydrogen-bond donors (Lipinski definition) is 1. The molecule has 0 amide bonds. The number of ether oxygens (including phenoxy) is 3. The molecule has 0 aliphatic carbocycles. The van der Waals surface area contributed by atoms with Crippen molar-refractivity contribution in [3.8, 4) is 0 Å². The van der Waals surface area contributed by atoms with E-state index < -0.39 is 35.5 Å². The maximum Gasteiger partial charge on any atom is 0.348 e. The Morgan fingerprint density at radius 2 is 1.33 bits per heavy atom. The quantitative estimate of drug-likeness (QED) is 0.158. The van der Waals surface area contributed by atoms with Gasteiger partial charge in [0.25, 0.3) is 0 Å². The molecule has 0 saturated heterocycles. The number of unbranched alkanes of at least 4 members (excludes halogenated alkanes) is 3. The van der Waals surface area contributed by atoms with Crippen molar-refractivity contribution in [2.45, 2.75) is 71.3 Å². The zero-order valence-electron chi connectivity index (χ0n) is 16.4. The minimum Gasteiger partial charge on any atom is -0.466 e. The maximum atomic E-state index is 12.4. The van der Waals surface area contributed by atoms with Gasteiger partial charge < -0.3 is 19.3 Å². The summed E-state index contributed by atoms with van der Waals surface area (Å²) in [5.74, 6) is -2.19. The Hall–Kier alpha value is -2.18. The van der Waals surface area contributed by atoms with Crippen molar-refractivity contribution < 1.29 is 38.5 Å². The van der Waals surface area contributed by atoms with Gasteiger partial charge >= 0.3 is 17.9 Å². The van der Waals surface area contributed by atoms with Crippen molar-refractivity contribution in [3.05, 3.63) is 5.57 Å². The molecule has 154 valence electrons. The summed E-state index contributed by atoms with van der Waals surface area (Å²) >= 11 is 0. The van der Waals surface area contributed by atoms with Gasteiger partial charge in [-0.3, -0.25) is 4.79 Å². The van der Waals surface area contributed by atoms with Crippen LogP contribution < -0.4 is 0 Å². The lowest BCUT2D eigenvalue weighted by Gasteiger charge is -2.24. The summed E-state index contributed by atoms with van der Waals surface area (Å²) in [5, 5.41) is 10.7. The van der Waals surface area contributed by atoms with E-state index in [0.29, 0.717) is 19.3 Å². The third kappa shape index (κ3) is 8.84. The third-order valence-corrected chi connectivity index (χ3v) is 3.68. The van der Waals surface area contributed by atoms with Crippen LogP contribution in [0.5, 0.6) is 0 Å². The van der Waals surface area contributed by atoms with E-state index in [9.17, 15) is 24.3 Å². The highest BCUT2D eigenvalue weighted by atomic mass is 16.6. The Balaban J connectivity index is 5.40. The predicted molar refractivity (Wildman–Crippen MR) is 96.4 cm³/mol. The number of carbonyl (C=O) groups is 3. The van der Waals surface area contributed by atoms with E-state index in [0.717, 1.165) is 19.3 Å². The number of hydrogen-bond acceptors (Lipinski definition) is 8. The fourth-order valence-electron chi connectivity index (χ4n) is 1.96. The first-order chi connectivity index (χ1) is 12.9. The predicted octanol–water partition coefficient (Wildman–Crippen LogP) is 1.90. The molecule has 1 atom stereocenters. The van der Waals surface area contributed by atoms with E-state index in [4.69, 9.17) is 14.2 Å². The van der Waals surface area contributed by atoms with Crippen molar-refractivity contribution in [3.63, 3.8) is 0 Å². The van der Waals surface area contributed by atoms with Crippen molar-refractivity contribution in [1.82, 2.24) is 0 Å². The van der Waals surface area contributed by atoms with Crippen LogP contribution in [0.1, 0.15) is 65.7 Å². The first kappa shape index (κ1) is 24.8. The standard InChI is InChI=1S/C19H30O8/c1-4-7-10-25-16(21)13-19(24,18(23)27-12-9-6-3)15(14-20)17(22)26-11-8-5-2/h24H,4-13H2,1-3H3. The molecule has 0 aromatic heterocycles. The van der Waals surface area contributed by atoms with E-state index in [-0.39, 0.29) is 19.8 Å². The highest BCUT2D eigenvalue weighted by Gasteiger charge is 2.49. The molecule has 0 bridgehead atoms. The SMILES string of the molecule is CCCCOC(=O)CC(O)(C(=O)OCCCC)C(=C=O)C(=O)OCCCC. The molecular formula is C19H30O8. The average molecular weight is 386 g/mol. The van der Waals surface area contributed by atoms with Gasteiger partial charge in [0.2, 0.25) is 5.60 Å². The molecule has 8 heteroatoms. The van der Waals surface area contributed by atoms with E-state index in [1.807, 2.05) is 20.8 Å². The number of carbonyl (C=O) groups excluding carboxylic acids is 4. The molecule has 27 heavy (non-hydrogen) atoms. The molecule has 0 fully saturated rings. The van der Waals surface area contributed by atoms with Crippen LogP contribution in [0.3, 0.4) is 0 Å². The number of aliphatic hydroxyl groups is 1. The van der Waals surface area contributed by atoms with E-state index in [1.54, 1.807) is 0 Å². The van der Waals surface area contributed by atoms with Gasteiger partial charge in [0.15, 0.2) is 5.57 Å². The van der Waals surface area contributed by atoms with E-state index in [2.05, 4.69) is 0 Å². The molecule has 0 aromatic rings. The van der Waals surface area contributed by atoms with E-state index >= 15 is 0 Å². The van der Waals surface area contributed by atoms with Gasteiger partial charge in [-0.1, -0.05) is 40.0 Å². The van der Waals surface area contributed by atoms with Crippen molar-refractivity contribution in [2.75, 3.05) is 19.8 Å². The molecule has 8 nitrogen and oxygen atoms in total. The lowest BCUT2D eigenvalue weighted by molar-refractivity contribution is -0.170. The van der Waals surface area contributed by atoms with Gasteiger partial charge in [-0.15, -0.1) is 0 Å². The van der Waals surface area contributed by atoms with Crippen molar-refractivity contribution in [1.29, 1.82) is 0 Å². The normalized spacial score (nSPS) is 12.4. The molecular weight excluding hydrogens is 356 g/mol. The molecule has 0 aromatic carbocycles. The van der Waals surface area contributed by atoms with Gasteiger partial charge in [0, 0.05) is 0 Å². The monoisotopic (exact) mass is 386 g/mol. The van der Waals surface area contributed by atoms with E-state index in [1.165, 1.54) is 5.94 Å². The minimum absolute atomic E-state index is 0.00240. The lowest BCUT2D eigenvalue weighted by atomic mass is 9.91. The summed E-state index contributed by atoms with van der Waals surface area (Å²) in [6.07, 6.45) is 2.95. The fourth-order valence-corrected chi connectivity index (χ4v) is 1.96. The van der Waals surface area contributed by atoms with Crippen LogP contribution in [0.15, 0.2) is 5.57 Å². The number of rotatable bonds is 14. The Bertz CT molecular complexity index is 536. The molecule has 1 N–H and O–H groups in total. The Kier molecular flexibility index (Phi) is 12.8. The maximum absolute atomic E-state index is 12.4. The second-order valence-corrected chi connectivity index (χ2v) is 6.07. The third-order valence-electron chi connectivity index (χ3n) is 3.68. The van der Waals surface area contributed by atoms with Crippen LogP contribution in [-0.4, -0.2) is 54.4 Å². The molecule has 0 spiro atoms. The summed E-state index contributed by atoms with van der Waals surface area (Å²) in [6, 6.07) is 0. The minimum atomic E-state index is -2.80. The van der Waals surface area contributed by atoms with Crippen molar-refractivity contribution in [2.24, 2.45) is 0 Å². The largest absolute Gasteiger partial charge is 0.466 e. The Labute approximate surface area is 159 Å². The van der Waals surface area contributed by atoms with Gasteiger partial charge in [0.1, 0.15) is 5.94 Å². The lowest BCUT2D eigenvalue weighted by Crippen LogP contribution is -2.47. The molecule has 0 heterocycles. The molecule has 1 unspecified atom stereocenters. The summed E-state index contributed by atoms with van der Waals surface area (Å²) in [6.45, 7) is 5.71. The van der Waals surface area contributed by atoms with Crippen LogP contribution >= 0.6 is 0 Å². The first-order valence-corrected chi connectivity index (χ1v) is 9.35. The van der Waals surface area contributed by atoms with Crippen LogP contribution in [-0.2, 0) is 33.4 Å². The summed E-state index contributed by atoms with van der Waals surface area (Å²) in [5.41, 5.74) is -3.80. The molecule has 0 aliphatic heterocycles. The fraction of sp³-hybridized carbons (Fsp3) is 0.737. The molecule has 0 saturated carbocycles. The first-order valence-electron chi connectivity index (χ1n) is 9.35. The summed E-state index contributed by atoms with van der Waals surface area (Å²) < 4.78 is 14.7. The smallest absolute Gasteiger partial charge is 0.348 e. The van der Waals surface area contributed by atoms with Crippen LogP contribution in [0.4, 0.5) is 0 Å². The topological polar surface area (TPSA) is 116 Å². The molecule has 0 aliphatic rings. The van der Waals surface area contributed by atoms with Gasteiger partial charge in [-0.25, -0.2) is 14.4 Å².